The molecule has 86 valence electrons. The summed E-state index contributed by atoms with van der Waals surface area (Å²) in [5.41, 5.74) is 6.45. The van der Waals surface area contributed by atoms with Crippen LogP contribution in [0.1, 0.15) is 27.7 Å². The molecule has 2 N–H and O–H groups in total. The molecule has 1 atom stereocenters. The minimum absolute atomic E-state index is 0.0775. The molecule has 1 heterocycles. The van der Waals surface area contributed by atoms with Crippen molar-refractivity contribution in [3.05, 3.63) is 11.6 Å². The van der Waals surface area contributed by atoms with Crippen molar-refractivity contribution in [2.24, 2.45) is 5.73 Å². The lowest BCUT2D eigenvalue weighted by molar-refractivity contribution is 0.0254. The molecule has 1 aliphatic rings. The van der Waals surface area contributed by atoms with Crippen LogP contribution in [0.3, 0.4) is 0 Å². The summed E-state index contributed by atoms with van der Waals surface area (Å²) in [4.78, 5) is 13.4. The number of nitrogens with two attached hydrogens (primary N) is 1. The molecule has 0 radical (unpaired) electrons. The standard InChI is InChI=1S/C11H20N2O2/c1-8-5-9(12)7-13(6-8)10(14)15-11(2,3)4/h5,9H,6-7,12H2,1-4H3. The minimum Gasteiger partial charge on any atom is -0.444 e. The third-order valence-corrected chi connectivity index (χ3v) is 2.02. The van der Waals surface area contributed by atoms with E-state index in [1.165, 1.54) is 0 Å². The average Bonchev–Trinajstić information content (AvgIpc) is 1.98. The van der Waals surface area contributed by atoms with Gasteiger partial charge in [0.1, 0.15) is 5.60 Å². The zero-order valence-corrected chi connectivity index (χ0v) is 9.91. The summed E-state index contributed by atoms with van der Waals surface area (Å²) >= 11 is 0. The number of amides is 1. The third kappa shape index (κ3) is 3.91. The van der Waals surface area contributed by atoms with Gasteiger partial charge < -0.3 is 15.4 Å². The second-order valence-corrected chi connectivity index (χ2v) is 5.04. The first-order valence-corrected chi connectivity index (χ1v) is 5.19. The van der Waals surface area contributed by atoms with Gasteiger partial charge in [-0.25, -0.2) is 4.79 Å². The molecule has 0 bridgehead atoms. The number of ether oxygens (including phenoxy) is 1. The van der Waals surface area contributed by atoms with Gasteiger partial charge in [0.05, 0.1) is 0 Å². The normalized spacial score (nSPS) is 22.3. The Labute approximate surface area is 91.1 Å². The summed E-state index contributed by atoms with van der Waals surface area (Å²) < 4.78 is 5.28. The van der Waals surface area contributed by atoms with Gasteiger partial charge in [0, 0.05) is 19.1 Å². The number of hydrogen-bond acceptors (Lipinski definition) is 3. The molecular formula is C11H20N2O2. The lowest BCUT2D eigenvalue weighted by atomic mass is 10.1. The predicted octanol–water partition coefficient (Wildman–Crippen LogP) is 1.51. The molecule has 1 rings (SSSR count). The molecular weight excluding hydrogens is 192 g/mol. The topological polar surface area (TPSA) is 55.6 Å². The highest BCUT2D eigenvalue weighted by atomic mass is 16.6. The Morgan fingerprint density at radius 1 is 1.60 bits per heavy atom. The van der Waals surface area contributed by atoms with Crippen molar-refractivity contribution in [2.45, 2.75) is 39.3 Å². The number of carbonyl (C=O) groups is 1. The Kier molecular flexibility index (Phi) is 3.39. The smallest absolute Gasteiger partial charge is 0.410 e. The molecule has 0 saturated heterocycles. The average molecular weight is 212 g/mol. The summed E-state index contributed by atoms with van der Waals surface area (Å²) in [5.74, 6) is 0. The van der Waals surface area contributed by atoms with Gasteiger partial charge in [0.25, 0.3) is 0 Å². The molecule has 4 heteroatoms. The summed E-state index contributed by atoms with van der Waals surface area (Å²) in [6.07, 6.45) is 1.70. The lowest BCUT2D eigenvalue weighted by Crippen LogP contribution is -2.46. The minimum atomic E-state index is -0.448. The van der Waals surface area contributed by atoms with Crippen LogP contribution in [0.4, 0.5) is 4.79 Å². The lowest BCUT2D eigenvalue weighted by Gasteiger charge is -2.31. The fourth-order valence-corrected chi connectivity index (χ4v) is 1.56. The van der Waals surface area contributed by atoms with Crippen LogP contribution in [-0.4, -0.2) is 35.7 Å². The van der Waals surface area contributed by atoms with Crippen LogP contribution in [0.2, 0.25) is 0 Å². The van der Waals surface area contributed by atoms with E-state index < -0.39 is 5.60 Å². The van der Waals surface area contributed by atoms with Gasteiger partial charge in [-0.2, -0.15) is 0 Å². The zero-order valence-electron chi connectivity index (χ0n) is 9.91. The molecule has 0 aromatic heterocycles. The fourth-order valence-electron chi connectivity index (χ4n) is 1.56. The summed E-state index contributed by atoms with van der Waals surface area (Å²) in [6.45, 7) is 8.69. The van der Waals surface area contributed by atoms with Crippen molar-refractivity contribution in [1.29, 1.82) is 0 Å². The van der Waals surface area contributed by atoms with E-state index in [9.17, 15) is 4.79 Å². The largest absolute Gasteiger partial charge is 0.444 e. The molecule has 0 saturated carbocycles. The summed E-state index contributed by atoms with van der Waals surface area (Å²) in [7, 11) is 0. The van der Waals surface area contributed by atoms with Crippen LogP contribution < -0.4 is 5.73 Å². The van der Waals surface area contributed by atoms with Gasteiger partial charge in [-0.05, 0) is 27.7 Å². The highest BCUT2D eigenvalue weighted by Crippen LogP contribution is 2.14. The molecule has 0 aromatic rings. The highest BCUT2D eigenvalue weighted by Gasteiger charge is 2.25. The second-order valence-electron chi connectivity index (χ2n) is 5.04. The molecule has 0 aliphatic carbocycles. The second kappa shape index (κ2) is 4.23. The van der Waals surface area contributed by atoms with Gasteiger partial charge in [0.2, 0.25) is 0 Å². The quantitative estimate of drug-likeness (QED) is 0.619. The number of rotatable bonds is 0. The molecule has 15 heavy (non-hydrogen) atoms. The molecule has 0 fully saturated rings. The van der Waals surface area contributed by atoms with Crippen LogP contribution in [0.15, 0.2) is 11.6 Å². The maximum absolute atomic E-state index is 11.7. The van der Waals surface area contributed by atoms with Crippen molar-refractivity contribution in [3.63, 3.8) is 0 Å². The van der Waals surface area contributed by atoms with E-state index in [-0.39, 0.29) is 12.1 Å². The summed E-state index contributed by atoms with van der Waals surface area (Å²) in [5, 5.41) is 0. The van der Waals surface area contributed by atoms with Crippen molar-refractivity contribution < 1.29 is 9.53 Å². The Balaban J connectivity index is 2.59. The van der Waals surface area contributed by atoms with E-state index in [4.69, 9.17) is 10.5 Å². The Morgan fingerprint density at radius 3 is 2.67 bits per heavy atom. The van der Waals surface area contributed by atoms with Crippen molar-refractivity contribution in [3.8, 4) is 0 Å². The number of carbonyl (C=O) groups excluding carboxylic acids is 1. The molecule has 1 amide bonds. The Bertz CT molecular complexity index is 279. The van der Waals surface area contributed by atoms with Gasteiger partial charge in [-0.3, -0.25) is 0 Å². The number of hydrogen-bond donors (Lipinski definition) is 1. The predicted molar refractivity (Wildman–Crippen MR) is 59.5 cm³/mol. The van der Waals surface area contributed by atoms with E-state index in [1.807, 2.05) is 33.8 Å². The van der Waals surface area contributed by atoms with Gasteiger partial charge >= 0.3 is 6.09 Å². The molecule has 0 aromatic carbocycles. The Hall–Kier alpha value is -1.03. The highest BCUT2D eigenvalue weighted by molar-refractivity contribution is 5.69. The SMILES string of the molecule is CC1=CC(N)CN(C(=O)OC(C)(C)C)C1. The molecule has 1 unspecified atom stereocenters. The zero-order chi connectivity index (χ0) is 11.6. The molecule has 4 nitrogen and oxygen atoms in total. The van der Waals surface area contributed by atoms with Crippen LogP contribution in [-0.2, 0) is 4.74 Å². The maximum Gasteiger partial charge on any atom is 0.410 e. The summed E-state index contributed by atoms with van der Waals surface area (Å²) in [6, 6.07) is -0.0775. The third-order valence-electron chi connectivity index (χ3n) is 2.02. The van der Waals surface area contributed by atoms with Crippen molar-refractivity contribution >= 4 is 6.09 Å². The van der Waals surface area contributed by atoms with Gasteiger partial charge in [-0.15, -0.1) is 0 Å². The van der Waals surface area contributed by atoms with Gasteiger partial charge in [-0.1, -0.05) is 11.6 Å². The first-order chi connectivity index (χ1) is 6.78. The van der Waals surface area contributed by atoms with Gasteiger partial charge in [0.15, 0.2) is 0 Å². The maximum atomic E-state index is 11.7. The fraction of sp³-hybridized carbons (Fsp3) is 0.727. The van der Waals surface area contributed by atoms with E-state index in [0.717, 1.165) is 5.57 Å². The van der Waals surface area contributed by atoms with E-state index in [1.54, 1.807) is 4.90 Å². The Morgan fingerprint density at radius 2 is 2.20 bits per heavy atom. The number of nitrogens with zero attached hydrogens (tertiary/aromatic N) is 1. The monoisotopic (exact) mass is 212 g/mol. The van der Waals surface area contributed by atoms with E-state index >= 15 is 0 Å². The molecule has 1 aliphatic heterocycles. The van der Waals surface area contributed by atoms with Crippen molar-refractivity contribution in [2.75, 3.05) is 13.1 Å². The first kappa shape index (κ1) is 12.0. The first-order valence-electron chi connectivity index (χ1n) is 5.19. The van der Waals surface area contributed by atoms with Crippen LogP contribution in [0.5, 0.6) is 0 Å². The van der Waals surface area contributed by atoms with Crippen LogP contribution in [0.25, 0.3) is 0 Å². The van der Waals surface area contributed by atoms with Crippen molar-refractivity contribution in [1.82, 2.24) is 4.90 Å². The van der Waals surface area contributed by atoms with Crippen LogP contribution in [0, 0.1) is 0 Å². The van der Waals surface area contributed by atoms with E-state index in [0.29, 0.717) is 13.1 Å². The van der Waals surface area contributed by atoms with Crippen LogP contribution >= 0.6 is 0 Å². The van der Waals surface area contributed by atoms with E-state index in [2.05, 4.69) is 0 Å². The molecule has 0 spiro atoms.